The van der Waals surface area contributed by atoms with Gasteiger partial charge in [-0.3, -0.25) is 9.80 Å². The van der Waals surface area contributed by atoms with Crippen LogP contribution in [-0.2, 0) is 16.4 Å². The second-order valence-electron chi connectivity index (χ2n) is 8.98. The van der Waals surface area contributed by atoms with Gasteiger partial charge in [-0.05, 0) is 54.8 Å². The van der Waals surface area contributed by atoms with Gasteiger partial charge < -0.3 is 5.32 Å². The van der Waals surface area contributed by atoms with Crippen LogP contribution in [0.25, 0.3) is 0 Å². The predicted octanol–water partition coefficient (Wildman–Crippen LogP) is 7.41. The average molecular weight is 604 g/mol. The Kier molecular flexibility index (Phi) is 8.44. The number of halogens is 5. The second-order valence-corrected chi connectivity index (χ2v) is 10.3. The molecule has 0 aliphatic carbocycles. The fourth-order valence-electron chi connectivity index (χ4n) is 4.67. The number of unbranched alkanes of at least 4 members (excludes halogenated alkanes) is 1. The SMILES string of the molecule is N#CCCCC1(c2ccccc2)CN(CC(=O)Nc2ccc(Br)cc2)N=C1c1ccc(C(F)(F)F)c(Cl)c1. The Morgan fingerprint density at radius 3 is 2.47 bits per heavy atom. The van der Waals surface area contributed by atoms with Crippen molar-refractivity contribution in [3.05, 3.63) is 99.0 Å². The number of carbonyl (C=O) groups is 1. The molecule has 1 amide bonds. The van der Waals surface area contributed by atoms with Crippen LogP contribution in [0.5, 0.6) is 0 Å². The summed E-state index contributed by atoms with van der Waals surface area (Å²) < 4.78 is 41.0. The van der Waals surface area contributed by atoms with Crippen LogP contribution in [0.15, 0.2) is 82.4 Å². The number of alkyl halides is 3. The average Bonchev–Trinajstić information content (AvgIpc) is 3.24. The van der Waals surface area contributed by atoms with Gasteiger partial charge in [-0.2, -0.15) is 23.5 Å². The lowest BCUT2D eigenvalue weighted by atomic mass is 9.71. The molecule has 1 atom stereocenters. The Hall–Kier alpha value is -3.35. The molecule has 1 aliphatic rings. The van der Waals surface area contributed by atoms with Crippen LogP contribution in [0, 0.1) is 11.3 Å². The highest BCUT2D eigenvalue weighted by Crippen LogP contribution is 2.41. The zero-order valence-corrected chi connectivity index (χ0v) is 22.4. The van der Waals surface area contributed by atoms with Crippen molar-refractivity contribution in [3.8, 4) is 6.07 Å². The Morgan fingerprint density at radius 1 is 1.13 bits per heavy atom. The largest absolute Gasteiger partial charge is 0.417 e. The fourth-order valence-corrected chi connectivity index (χ4v) is 5.22. The van der Waals surface area contributed by atoms with Gasteiger partial charge in [0.2, 0.25) is 5.91 Å². The summed E-state index contributed by atoms with van der Waals surface area (Å²) in [7, 11) is 0. The Balaban J connectivity index is 1.72. The van der Waals surface area contributed by atoms with Crippen molar-refractivity contribution in [3.63, 3.8) is 0 Å². The van der Waals surface area contributed by atoms with E-state index in [1.54, 1.807) is 17.1 Å². The maximum atomic E-state index is 13.4. The van der Waals surface area contributed by atoms with Crippen LogP contribution in [0.4, 0.5) is 18.9 Å². The van der Waals surface area contributed by atoms with Crippen LogP contribution < -0.4 is 5.32 Å². The van der Waals surface area contributed by atoms with Crippen LogP contribution in [-0.4, -0.2) is 29.7 Å². The number of amides is 1. The van der Waals surface area contributed by atoms with Crippen molar-refractivity contribution in [1.29, 1.82) is 5.26 Å². The number of hydrogen-bond donors (Lipinski definition) is 1. The number of rotatable bonds is 8. The molecule has 1 aliphatic heterocycles. The van der Waals surface area contributed by atoms with Gasteiger partial charge >= 0.3 is 6.18 Å². The molecule has 3 aromatic carbocycles. The maximum Gasteiger partial charge on any atom is 0.417 e. The molecule has 38 heavy (non-hydrogen) atoms. The number of carbonyl (C=O) groups excluding carboxylic acids is 1. The molecule has 196 valence electrons. The van der Waals surface area contributed by atoms with Crippen LogP contribution >= 0.6 is 27.5 Å². The smallest absolute Gasteiger partial charge is 0.324 e. The van der Waals surface area contributed by atoms with E-state index in [4.69, 9.17) is 16.7 Å². The van der Waals surface area contributed by atoms with E-state index in [0.717, 1.165) is 16.1 Å². The number of nitrogens with one attached hydrogen (secondary N) is 1. The fraction of sp³-hybridized carbons (Fsp3) is 0.250. The Labute approximate surface area is 232 Å². The normalized spacial score (nSPS) is 17.2. The highest BCUT2D eigenvalue weighted by molar-refractivity contribution is 9.10. The van der Waals surface area contributed by atoms with Gasteiger partial charge in [0.05, 0.1) is 34.3 Å². The van der Waals surface area contributed by atoms with Crippen molar-refractivity contribution >= 4 is 44.8 Å². The van der Waals surface area contributed by atoms with Crippen LogP contribution in [0.2, 0.25) is 5.02 Å². The number of benzene rings is 3. The minimum Gasteiger partial charge on any atom is -0.324 e. The first-order valence-corrected chi connectivity index (χ1v) is 13.0. The Morgan fingerprint density at radius 2 is 1.84 bits per heavy atom. The van der Waals surface area contributed by atoms with Crippen LogP contribution in [0.3, 0.4) is 0 Å². The summed E-state index contributed by atoms with van der Waals surface area (Å²) in [4.78, 5) is 12.9. The molecule has 10 heteroatoms. The van der Waals surface area contributed by atoms with Crippen molar-refractivity contribution < 1.29 is 18.0 Å². The van der Waals surface area contributed by atoms with Gasteiger partial charge in [0.15, 0.2) is 0 Å². The molecule has 0 saturated carbocycles. The van der Waals surface area contributed by atoms with E-state index in [1.165, 1.54) is 12.1 Å². The van der Waals surface area contributed by atoms with Gasteiger partial charge in [-0.25, -0.2) is 0 Å². The number of anilines is 1. The molecule has 5 nitrogen and oxygen atoms in total. The molecule has 1 heterocycles. The minimum absolute atomic E-state index is 0.0687. The zero-order valence-electron chi connectivity index (χ0n) is 20.1. The molecular formula is C28H23BrClF3N4O. The van der Waals surface area contributed by atoms with E-state index in [9.17, 15) is 23.2 Å². The first-order chi connectivity index (χ1) is 18.1. The molecule has 0 spiro atoms. The molecule has 0 saturated heterocycles. The lowest BCUT2D eigenvalue weighted by Gasteiger charge is -2.32. The third kappa shape index (κ3) is 6.20. The molecule has 3 aromatic rings. The highest BCUT2D eigenvalue weighted by Gasteiger charge is 2.45. The lowest BCUT2D eigenvalue weighted by molar-refractivity contribution is -0.137. The topological polar surface area (TPSA) is 68.5 Å². The van der Waals surface area contributed by atoms with Gasteiger partial charge in [0, 0.05) is 22.1 Å². The summed E-state index contributed by atoms with van der Waals surface area (Å²) in [6.45, 7) is 0.241. The van der Waals surface area contributed by atoms with Crippen molar-refractivity contribution in [1.82, 2.24) is 5.01 Å². The summed E-state index contributed by atoms with van der Waals surface area (Å²) in [5.41, 5.74) is 0.761. The second kappa shape index (κ2) is 11.6. The van der Waals surface area contributed by atoms with E-state index in [1.807, 2.05) is 42.5 Å². The zero-order chi connectivity index (χ0) is 27.3. The molecule has 4 rings (SSSR count). The standard InChI is InChI=1S/C28H23BrClF3N4O/c29-21-9-11-22(12-10-21)35-25(38)17-37-18-27(14-4-5-15-34,20-6-2-1-3-7-20)26(36-37)19-8-13-23(24(30)16-19)28(31,32)33/h1-3,6-13,16H,4-5,14,17-18H2,(H,35,38). The maximum absolute atomic E-state index is 13.4. The molecular weight excluding hydrogens is 581 g/mol. The van der Waals surface area contributed by atoms with Gasteiger partial charge in [-0.15, -0.1) is 0 Å². The van der Waals surface area contributed by atoms with Gasteiger partial charge in [0.1, 0.15) is 6.54 Å². The van der Waals surface area contributed by atoms with Gasteiger partial charge in [0.25, 0.3) is 0 Å². The monoisotopic (exact) mass is 602 g/mol. The van der Waals surface area contributed by atoms with E-state index in [-0.39, 0.29) is 12.5 Å². The highest BCUT2D eigenvalue weighted by atomic mass is 79.9. The van der Waals surface area contributed by atoms with Crippen molar-refractivity contribution in [2.45, 2.75) is 30.9 Å². The number of hydrogen-bond acceptors (Lipinski definition) is 4. The molecule has 0 fully saturated rings. The molecule has 0 bridgehead atoms. The molecule has 1 N–H and O–H groups in total. The number of nitriles is 1. The minimum atomic E-state index is -4.59. The quantitative estimate of drug-likeness (QED) is 0.273. The van der Waals surface area contributed by atoms with Crippen molar-refractivity contribution in [2.24, 2.45) is 5.10 Å². The van der Waals surface area contributed by atoms with E-state index < -0.39 is 22.2 Å². The van der Waals surface area contributed by atoms with E-state index in [2.05, 4.69) is 27.3 Å². The van der Waals surface area contributed by atoms with E-state index in [0.29, 0.717) is 42.8 Å². The summed E-state index contributed by atoms with van der Waals surface area (Å²) in [6, 6.07) is 22.4. The van der Waals surface area contributed by atoms with Gasteiger partial charge in [-0.1, -0.05) is 63.9 Å². The first-order valence-electron chi connectivity index (χ1n) is 11.8. The lowest BCUT2D eigenvalue weighted by Crippen LogP contribution is -2.40. The third-order valence-electron chi connectivity index (χ3n) is 6.37. The molecule has 1 unspecified atom stereocenters. The Bertz CT molecular complexity index is 1370. The summed E-state index contributed by atoms with van der Waals surface area (Å²) in [5, 5.41) is 18.0. The first kappa shape index (κ1) is 27.7. The number of hydrazone groups is 1. The predicted molar refractivity (Wildman–Crippen MR) is 145 cm³/mol. The summed E-state index contributed by atoms with van der Waals surface area (Å²) in [6.07, 6.45) is -3.24. The third-order valence-corrected chi connectivity index (χ3v) is 7.21. The van der Waals surface area contributed by atoms with Crippen LogP contribution in [0.1, 0.15) is 36.0 Å². The summed E-state index contributed by atoms with van der Waals surface area (Å²) >= 11 is 9.44. The molecule has 0 aromatic heterocycles. The molecule has 0 radical (unpaired) electrons. The summed E-state index contributed by atoms with van der Waals surface area (Å²) in [5.74, 6) is -0.290. The van der Waals surface area contributed by atoms with E-state index >= 15 is 0 Å². The number of nitrogens with zero attached hydrogens (tertiary/aromatic N) is 3. The van der Waals surface area contributed by atoms with Crippen molar-refractivity contribution in [2.75, 3.05) is 18.4 Å².